The SMILES string of the molecule is O=c1ccc([N+](=O)[O-])cn1CN1CCC[C@@H]1c1nc2ccccc2s1. The summed E-state index contributed by atoms with van der Waals surface area (Å²) in [6.07, 6.45) is 3.31. The fourth-order valence-corrected chi connectivity index (χ4v) is 4.38. The maximum absolute atomic E-state index is 12.1. The third kappa shape index (κ3) is 3.06. The van der Waals surface area contributed by atoms with Crippen LogP contribution in [0, 0.1) is 10.1 Å². The highest BCUT2D eigenvalue weighted by atomic mass is 32.1. The van der Waals surface area contributed by atoms with Gasteiger partial charge in [0.05, 0.1) is 34.0 Å². The molecule has 1 aliphatic heterocycles. The first kappa shape index (κ1) is 15.9. The van der Waals surface area contributed by atoms with Crippen molar-refractivity contribution in [3.05, 3.63) is 68.1 Å². The second-order valence-corrected chi connectivity index (χ2v) is 7.15. The number of hydrogen-bond donors (Lipinski definition) is 0. The first-order valence-corrected chi connectivity index (χ1v) is 8.88. The van der Waals surface area contributed by atoms with Crippen molar-refractivity contribution >= 4 is 27.2 Å². The Hall–Kier alpha value is -2.58. The van der Waals surface area contributed by atoms with E-state index in [4.69, 9.17) is 4.98 Å². The van der Waals surface area contributed by atoms with Crippen LogP contribution < -0.4 is 5.56 Å². The van der Waals surface area contributed by atoms with Crippen LogP contribution in [0.1, 0.15) is 23.9 Å². The minimum atomic E-state index is -0.481. The van der Waals surface area contributed by atoms with Crippen molar-refractivity contribution in [3.63, 3.8) is 0 Å². The Morgan fingerprint density at radius 1 is 1.28 bits per heavy atom. The highest BCUT2D eigenvalue weighted by molar-refractivity contribution is 7.18. The molecule has 0 spiro atoms. The van der Waals surface area contributed by atoms with Gasteiger partial charge in [0.2, 0.25) is 0 Å². The number of pyridine rings is 1. The standard InChI is InChI=1S/C17H16N4O3S/c22-16-8-7-12(21(23)24)10-20(16)11-19-9-3-5-14(19)17-18-13-4-1-2-6-15(13)25-17/h1-2,4,6-8,10,14H,3,5,9,11H2/t14-/m1/s1. The minimum absolute atomic E-state index is 0.0738. The second kappa shape index (κ2) is 6.38. The van der Waals surface area contributed by atoms with Gasteiger partial charge in [-0.15, -0.1) is 11.3 Å². The number of fused-ring (bicyclic) bond motifs is 1. The Balaban J connectivity index is 1.63. The van der Waals surface area contributed by atoms with Crippen LogP contribution in [0.15, 0.2) is 47.4 Å². The van der Waals surface area contributed by atoms with Crippen molar-refractivity contribution < 1.29 is 4.92 Å². The monoisotopic (exact) mass is 356 g/mol. The summed E-state index contributed by atoms with van der Waals surface area (Å²) in [6, 6.07) is 10.7. The van der Waals surface area contributed by atoms with Crippen molar-refractivity contribution in [2.24, 2.45) is 0 Å². The van der Waals surface area contributed by atoms with E-state index in [1.807, 2.05) is 18.2 Å². The Morgan fingerprint density at radius 2 is 2.12 bits per heavy atom. The van der Waals surface area contributed by atoms with E-state index in [9.17, 15) is 14.9 Å². The molecule has 128 valence electrons. The summed E-state index contributed by atoms with van der Waals surface area (Å²) in [5.74, 6) is 0. The van der Waals surface area contributed by atoms with E-state index in [2.05, 4.69) is 11.0 Å². The second-order valence-electron chi connectivity index (χ2n) is 6.08. The van der Waals surface area contributed by atoms with Gasteiger partial charge >= 0.3 is 0 Å². The number of benzene rings is 1. The molecule has 0 saturated carbocycles. The number of para-hydroxylation sites is 1. The van der Waals surface area contributed by atoms with Gasteiger partial charge in [-0.05, 0) is 25.0 Å². The van der Waals surface area contributed by atoms with Crippen molar-refractivity contribution in [3.8, 4) is 0 Å². The van der Waals surface area contributed by atoms with Crippen LogP contribution in [0.5, 0.6) is 0 Å². The molecule has 0 amide bonds. The molecule has 0 N–H and O–H groups in total. The van der Waals surface area contributed by atoms with Gasteiger partial charge in [-0.25, -0.2) is 4.98 Å². The summed E-state index contributed by atoms with van der Waals surface area (Å²) in [7, 11) is 0. The average Bonchev–Trinajstić information content (AvgIpc) is 3.22. The number of rotatable bonds is 4. The van der Waals surface area contributed by atoms with Gasteiger partial charge in [0, 0.05) is 18.7 Å². The largest absolute Gasteiger partial charge is 0.295 e. The molecule has 1 saturated heterocycles. The topological polar surface area (TPSA) is 81.3 Å². The number of likely N-dealkylation sites (tertiary alicyclic amines) is 1. The maximum Gasteiger partial charge on any atom is 0.285 e. The number of thiazole rings is 1. The molecule has 0 aliphatic carbocycles. The first-order chi connectivity index (χ1) is 12.1. The summed E-state index contributed by atoms with van der Waals surface area (Å²) in [5, 5.41) is 12.0. The van der Waals surface area contributed by atoms with Crippen LogP contribution in [0.4, 0.5) is 5.69 Å². The van der Waals surface area contributed by atoms with Crippen molar-refractivity contribution in [2.75, 3.05) is 6.54 Å². The zero-order valence-electron chi connectivity index (χ0n) is 13.4. The summed E-state index contributed by atoms with van der Waals surface area (Å²) in [5.41, 5.74) is 0.678. The first-order valence-electron chi connectivity index (χ1n) is 8.06. The molecule has 3 heterocycles. The predicted molar refractivity (Wildman–Crippen MR) is 95.7 cm³/mol. The Labute approximate surface area is 147 Å². The molecule has 7 nitrogen and oxygen atoms in total. The highest BCUT2D eigenvalue weighted by Crippen LogP contribution is 2.36. The van der Waals surface area contributed by atoms with Crippen LogP contribution in [0.25, 0.3) is 10.2 Å². The van der Waals surface area contributed by atoms with Crippen LogP contribution >= 0.6 is 11.3 Å². The Bertz CT molecular complexity index is 964. The molecule has 3 aromatic rings. The van der Waals surface area contributed by atoms with E-state index in [1.165, 1.54) is 22.9 Å². The van der Waals surface area contributed by atoms with Crippen LogP contribution in [-0.4, -0.2) is 25.9 Å². The van der Waals surface area contributed by atoms with Crippen LogP contribution in [0.3, 0.4) is 0 Å². The van der Waals surface area contributed by atoms with Crippen molar-refractivity contribution in [2.45, 2.75) is 25.6 Å². The molecule has 4 rings (SSSR count). The lowest BCUT2D eigenvalue weighted by Gasteiger charge is -2.23. The number of nitrogens with zero attached hydrogens (tertiary/aromatic N) is 4. The molecule has 0 bridgehead atoms. The molecule has 1 aliphatic rings. The fraction of sp³-hybridized carbons (Fsp3) is 0.294. The van der Waals surface area contributed by atoms with E-state index < -0.39 is 4.92 Å². The third-order valence-electron chi connectivity index (χ3n) is 4.47. The number of nitro groups is 1. The van der Waals surface area contributed by atoms with Gasteiger partial charge in [-0.1, -0.05) is 12.1 Å². The third-order valence-corrected chi connectivity index (χ3v) is 5.61. The lowest BCUT2D eigenvalue weighted by molar-refractivity contribution is -0.385. The molecule has 1 atom stereocenters. The molecule has 1 fully saturated rings. The molecule has 25 heavy (non-hydrogen) atoms. The number of aromatic nitrogens is 2. The lowest BCUT2D eigenvalue weighted by Crippen LogP contribution is -2.31. The van der Waals surface area contributed by atoms with Crippen LogP contribution in [0.2, 0.25) is 0 Å². The van der Waals surface area contributed by atoms with Gasteiger partial charge in [0.15, 0.2) is 0 Å². The molecular formula is C17H16N4O3S. The van der Waals surface area contributed by atoms with Gasteiger partial charge in [-0.2, -0.15) is 0 Å². The summed E-state index contributed by atoms with van der Waals surface area (Å²) in [4.78, 5) is 29.4. The van der Waals surface area contributed by atoms with E-state index in [1.54, 1.807) is 11.3 Å². The number of hydrogen-bond acceptors (Lipinski definition) is 6. The van der Waals surface area contributed by atoms with Crippen molar-refractivity contribution in [1.82, 2.24) is 14.5 Å². The van der Waals surface area contributed by atoms with Gasteiger partial charge in [-0.3, -0.25) is 24.4 Å². The van der Waals surface area contributed by atoms with Gasteiger partial charge in [0.25, 0.3) is 11.2 Å². The van der Waals surface area contributed by atoms with Gasteiger partial charge in [0.1, 0.15) is 5.01 Å². The summed E-state index contributed by atoms with van der Waals surface area (Å²) >= 11 is 1.67. The smallest absolute Gasteiger partial charge is 0.285 e. The molecule has 0 radical (unpaired) electrons. The lowest BCUT2D eigenvalue weighted by atomic mass is 10.2. The Kier molecular flexibility index (Phi) is 4.06. The molecule has 8 heteroatoms. The van der Waals surface area contributed by atoms with E-state index in [-0.39, 0.29) is 17.3 Å². The zero-order chi connectivity index (χ0) is 17.4. The molecule has 1 aromatic carbocycles. The molecule has 0 unspecified atom stereocenters. The molecule has 2 aromatic heterocycles. The maximum atomic E-state index is 12.1. The molecular weight excluding hydrogens is 340 g/mol. The van der Waals surface area contributed by atoms with Crippen molar-refractivity contribution in [1.29, 1.82) is 0 Å². The minimum Gasteiger partial charge on any atom is -0.295 e. The van der Waals surface area contributed by atoms with E-state index in [0.717, 1.165) is 34.6 Å². The Morgan fingerprint density at radius 3 is 2.92 bits per heavy atom. The van der Waals surface area contributed by atoms with E-state index >= 15 is 0 Å². The summed E-state index contributed by atoms with van der Waals surface area (Å²) < 4.78 is 2.56. The highest BCUT2D eigenvalue weighted by Gasteiger charge is 2.29. The fourth-order valence-electron chi connectivity index (χ4n) is 3.24. The zero-order valence-corrected chi connectivity index (χ0v) is 14.2. The quantitative estimate of drug-likeness (QED) is 0.530. The average molecular weight is 356 g/mol. The normalized spacial score (nSPS) is 18.0. The van der Waals surface area contributed by atoms with Crippen LogP contribution in [-0.2, 0) is 6.67 Å². The summed E-state index contributed by atoms with van der Waals surface area (Å²) in [6.45, 7) is 1.18. The van der Waals surface area contributed by atoms with E-state index in [0.29, 0.717) is 6.67 Å². The predicted octanol–water partition coefficient (Wildman–Crippen LogP) is 3.16. The van der Waals surface area contributed by atoms with Gasteiger partial charge < -0.3 is 0 Å².